The van der Waals surface area contributed by atoms with Crippen LogP contribution < -0.4 is 5.73 Å². The number of allylic oxidation sites excluding steroid dienone is 1. The van der Waals surface area contributed by atoms with Crippen LogP contribution in [-0.2, 0) is 4.79 Å². The molecule has 1 aliphatic heterocycles. The van der Waals surface area contributed by atoms with Crippen molar-refractivity contribution in [2.45, 2.75) is 12.3 Å². The molecule has 0 spiro atoms. The van der Waals surface area contributed by atoms with Crippen molar-refractivity contribution >= 4 is 23.3 Å². The molecule has 0 saturated carbocycles. The fourth-order valence-electron chi connectivity index (χ4n) is 1.97. The van der Waals surface area contributed by atoms with Crippen molar-refractivity contribution < 1.29 is 9.59 Å². The van der Waals surface area contributed by atoms with E-state index in [2.05, 4.69) is 4.98 Å². The number of hydrogen-bond acceptors (Lipinski definition) is 4. The van der Waals surface area contributed by atoms with Gasteiger partial charge in [-0.05, 0) is 24.6 Å². The number of Topliss-reactive ketones (excluding diaryl/α,β-unsaturated/α-hetero) is 1. The van der Waals surface area contributed by atoms with Gasteiger partial charge in [0.1, 0.15) is 5.16 Å². The first-order chi connectivity index (χ1) is 9.04. The summed E-state index contributed by atoms with van der Waals surface area (Å²) in [4.78, 5) is 29.3. The van der Waals surface area contributed by atoms with Crippen LogP contribution in [0.15, 0.2) is 29.6 Å². The summed E-state index contributed by atoms with van der Waals surface area (Å²) in [5.41, 5.74) is 6.37. The zero-order valence-corrected chi connectivity index (χ0v) is 11.2. The highest BCUT2D eigenvalue weighted by Crippen LogP contribution is 2.29. The molecule has 1 amide bonds. The fraction of sp³-hybridized carbons (Fsp3) is 0.308. The average Bonchev–Trinajstić information content (AvgIpc) is 2.44. The zero-order valence-electron chi connectivity index (χ0n) is 10.5. The summed E-state index contributed by atoms with van der Waals surface area (Å²) < 4.78 is 0. The second kappa shape index (κ2) is 5.50. The van der Waals surface area contributed by atoms with Crippen LogP contribution in [0.1, 0.15) is 28.4 Å². The second-order valence-electron chi connectivity index (χ2n) is 4.31. The molecule has 1 aromatic heterocycles. The van der Waals surface area contributed by atoms with E-state index in [-0.39, 0.29) is 18.2 Å². The highest BCUT2D eigenvalue weighted by atomic mass is 35.5. The summed E-state index contributed by atoms with van der Waals surface area (Å²) >= 11 is 5.89. The Kier molecular flexibility index (Phi) is 3.97. The van der Waals surface area contributed by atoms with E-state index in [1.165, 1.54) is 11.1 Å². The number of amides is 1. The predicted molar refractivity (Wildman–Crippen MR) is 71.7 cm³/mol. The summed E-state index contributed by atoms with van der Waals surface area (Å²) in [5, 5.41) is 0.412. The number of nitrogens with zero attached hydrogens (tertiary/aromatic N) is 2. The third kappa shape index (κ3) is 2.67. The van der Waals surface area contributed by atoms with Crippen LogP contribution in [-0.4, -0.2) is 35.2 Å². The number of likely N-dealkylation sites (N-methyl/N-ethyl adjacent to an activating group) is 1. The Labute approximate surface area is 116 Å². The molecule has 1 aliphatic rings. The number of hydrogen-bond donors (Lipinski definition) is 1. The van der Waals surface area contributed by atoms with Crippen LogP contribution in [0.2, 0.25) is 0 Å². The first-order valence-electron chi connectivity index (χ1n) is 5.87. The molecular formula is C13H14ClN3O2. The van der Waals surface area contributed by atoms with Crippen LogP contribution in [0.3, 0.4) is 0 Å². The van der Waals surface area contributed by atoms with Crippen LogP contribution >= 0.6 is 11.6 Å². The Morgan fingerprint density at radius 2 is 2.37 bits per heavy atom. The van der Waals surface area contributed by atoms with E-state index in [0.717, 1.165) is 0 Å². The third-order valence-electron chi connectivity index (χ3n) is 3.12. The van der Waals surface area contributed by atoms with Crippen molar-refractivity contribution in [3.63, 3.8) is 0 Å². The Morgan fingerprint density at radius 3 is 3.05 bits per heavy atom. The summed E-state index contributed by atoms with van der Waals surface area (Å²) in [6.45, 7) is -0.0618. The maximum atomic E-state index is 12.1. The molecule has 2 N–H and O–H groups in total. The molecule has 0 aliphatic carbocycles. The van der Waals surface area contributed by atoms with Gasteiger partial charge < -0.3 is 10.6 Å². The molecule has 6 heteroatoms. The normalized spacial score (nSPS) is 19.3. The van der Waals surface area contributed by atoms with Gasteiger partial charge in [-0.3, -0.25) is 14.6 Å². The molecule has 0 fully saturated rings. The molecule has 5 nitrogen and oxygen atoms in total. The Hall–Kier alpha value is -1.72. The highest BCUT2D eigenvalue weighted by Gasteiger charge is 2.29. The number of carbonyl (C=O) groups is 2. The van der Waals surface area contributed by atoms with Crippen molar-refractivity contribution in [1.82, 2.24) is 9.88 Å². The lowest BCUT2D eigenvalue weighted by molar-refractivity contribution is -0.130. The summed E-state index contributed by atoms with van der Waals surface area (Å²) in [5.74, 6) is -0.704. The smallest absolute Gasteiger partial charge is 0.236 e. The van der Waals surface area contributed by atoms with E-state index in [4.69, 9.17) is 17.3 Å². The van der Waals surface area contributed by atoms with Crippen molar-refractivity contribution in [3.8, 4) is 0 Å². The van der Waals surface area contributed by atoms with Crippen molar-refractivity contribution in [1.29, 1.82) is 0 Å². The van der Waals surface area contributed by atoms with Gasteiger partial charge in [0.15, 0.2) is 5.78 Å². The third-order valence-corrected chi connectivity index (χ3v) is 3.52. The minimum Gasteiger partial charge on any atom is -0.324 e. The molecule has 19 heavy (non-hydrogen) atoms. The molecule has 1 unspecified atom stereocenters. The molecule has 0 bridgehead atoms. The highest BCUT2D eigenvalue weighted by molar-refractivity contribution is 6.30. The van der Waals surface area contributed by atoms with E-state index >= 15 is 0 Å². The van der Waals surface area contributed by atoms with Crippen molar-refractivity contribution in [2.24, 2.45) is 5.73 Å². The largest absolute Gasteiger partial charge is 0.324 e. The molecule has 1 atom stereocenters. The van der Waals surface area contributed by atoms with Gasteiger partial charge in [0.2, 0.25) is 5.91 Å². The molecule has 2 rings (SSSR count). The molecule has 1 aromatic rings. The average molecular weight is 280 g/mol. The molecule has 2 heterocycles. The van der Waals surface area contributed by atoms with E-state index in [0.29, 0.717) is 22.8 Å². The van der Waals surface area contributed by atoms with Crippen molar-refractivity contribution in [2.75, 3.05) is 13.6 Å². The molecule has 100 valence electrons. The molecular weight excluding hydrogens is 266 g/mol. The van der Waals surface area contributed by atoms with Gasteiger partial charge in [0.25, 0.3) is 0 Å². The Morgan fingerprint density at radius 1 is 1.63 bits per heavy atom. The minimum atomic E-state index is -0.405. The predicted octanol–water partition coefficient (Wildman–Crippen LogP) is 1.25. The monoisotopic (exact) mass is 279 g/mol. The number of aromatic nitrogens is 1. The van der Waals surface area contributed by atoms with E-state index in [1.807, 2.05) is 0 Å². The van der Waals surface area contributed by atoms with Crippen LogP contribution in [0.4, 0.5) is 0 Å². The van der Waals surface area contributed by atoms with E-state index in [1.54, 1.807) is 25.3 Å². The standard InChI is InChI=1S/C13H14ClN3O2/c1-17-12(14)3-2-9(13(17)19)10-6-8(4-5-16-10)11(18)7-15/h3-6,9H,2,7,15H2,1H3. The summed E-state index contributed by atoms with van der Waals surface area (Å²) in [6, 6.07) is 3.22. The summed E-state index contributed by atoms with van der Waals surface area (Å²) in [6.07, 6.45) is 3.77. The van der Waals surface area contributed by atoms with Crippen molar-refractivity contribution in [3.05, 3.63) is 40.8 Å². The topological polar surface area (TPSA) is 76.3 Å². The number of halogens is 1. The number of ketones is 1. The molecule has 0 radical (unpaired) electrons. The maximum absolute atomic E-state index is 12.1. The van der Waals surface area contributed by atoms with Crippen LogP contribution in [0.25, 0.3) is 0 Å². The first kappa shape index (κ1) is 13.7. The minimum absolute atomic E-state index is 0.0618. The number of nitrogens with two attached hydrogens (primary N) is 1. The fourth-order valence-corrected chi connectivity index (χ4v) is 2.14. The zero-order chi connectivity index (χ0) is 14.0. The lowest BCUT2D eigenvalue weighted by Crippen LogP contribution is -2.33. The quantitative estimate of drug-likeness (QED) is 0.667. The van der Waals surface area contributed by atoms with Gasteiger partial charge in [-0.15, -0.1) is 0 Å². The van der Waals surface area contributed by atoms with Gasteiger partial charge in [-0.1, -0.05) is 11.6 Å². The Bertz CT molecular complexity index is 557. The van der Waals surface area contributed by atoms with Crippen LogP contribution in [0.5, 0.6) is 0 Å². The molecule has 0 saturated heterocycles. The maximum Gasteiger partial charge on any atom is 0.236 e. The first-order valence-corrected chi connectivity index (χ1v) is 6.25. The Balaban J connectivity index is 2.33. The number of pyridine rings is 1. The SMILES string of the molecule is CN1C(=O)C(c2cc(C(=O)CN)ccn2)CC=C1Cl. The number of rotatable bonds is 3. The number of carbonyl (C=O) groups excluding carboxylic acids is 2. The lowest BCUT2D eigenvalue weighted by Gasteiger charge is -2.26. The van der Waals surface area contributed by atoms with E-state index in [9.17, 15) is 9.59 Å². The lowest BCUT2D eigenvalue weighted by atomic mass is 9.95. The van der Waals surface area contributed by atoms with Gasteiger partial charge in [0.05, 0.1) is 18.2 Å². The van der Waals surface area contributed by atoms with Gasteiger partial charge in [0, 0.05) is 18.8 Å². The molecule has 0 aromatic carbocycles. The van der Waals surface area contributed by atoms with Crippen LogP contribution in [0, 0.1) is 0 Å². The van der Waals surface area contributed by atoms with Gasteiger partial charge >= 0.3 is 0 Å². The summed E-state index contributed by atoms with van der Waals surface area (Å²) in [7, 11) is 1.61. The van der Waals surface area contributed by atoms with E-state index < -0.39 is 5.92 Å². The van der Waals surface area contributed by atoms with Gasteiger partial charge in [-0.2, -0.15) is 0 Å². The van der Waals surface area contributed by atoms with Gasteiger partial charge in [-0.25, -0.2) is 0 Å². The second-order valence-corrected chi connectivity index (χ2v) is 4.70.